The average molecular weight is 176 g/mol. The van der Waals surface area contributed by atoms with Crippen molar-refractivity contribution in [2.75, 3.05) is 19.6 Å². The van der Waals surface area contributed by atoms with E-state index in [1.165, 1.54) is 32.5 Å². The SMILES string of the molecule is SSN1CC2(CCCN2)C1. The molecule has 1 spiro atoms. The maximum Gasteiger partial charge on any atom is 0.0457 e. The molecule has 0 amide bonds. The first-order chi connectivity index (χ1) is 4.85. The van der Waals surface area contributed by atoms with Crippen molar-refractivity contribution in [3.63, 3.8) is 0 Å². The van der Waals surface area contributed by atoms with E-state index < -0.39 is 0 Å². The van der Waals surface area contributed by atoms with Crippen molar-refractivity contribution < 1.29 is 0 Å². The van der Waals surface area contributed by atoms with Crippen LogP contribution in [-0.2, 0) is 0 Å². The normalized spacial score (nSPS) is 30.9. The van der Waals surface area contributed by atoms with Crippen molar-refractivity contribution in [3.05, 3.63) is 0 Å². The quantitative estimate of drug-likeness (QED) is 0.351. The van der Waals surface area contributed by atoms with Gasteiger partial charge in [0.2, 0.25) is 0 Å². The topological polar surface area (TPSA) is 15.3 Å². The predicted molar refractivity (Wildman–Crippen MR) is 48.1 cm³/mol. The highest BCUT2D eigenvalue weighted by atomic mass is 33.1. The molecule has 2 heterocycles. The Morgan fingerprint density at radius 1 is 1.50 bits per heavy atom. The van der Waals surface area contributed by atoms with Gasteiger partial charge >= 0.3 is 0 Å². The average Bonchev–Trinajstić information content (AvgIpc) is 2.30. The fourth-order valence-electron chi connectivity index (χ4n) is 1.83. The molecule has 0 bridgehead atoms. The molecule has 4 heteroatoms. The lowest BCUT2D eigenvalue weighted by atomic mass is 9.91. The van der Waals surface area contributed by atoms with Crippen LogP contribution in [0.4, 0.5) is 0 Å². The van der Waals surface area contributed by atoms with Crippen molar-refractivity contribution in [2.24, 2.45) is 0 Å². The highest BCUT2D eigenvalue weighted by Crippen LogP contribution is 2.35. The van der Waals surface area contributed by atoms with Gasteiger partial charge in [0, 0.05) is 18.6 Å². The molecule has 58 valence electrons. The van der Waals surface area contributed by atoms with Gasteiger partial charge in [-0.05, 0) is 30.4 Å². The molecule has 0 saturated carbocycles. The maximum absolute atomic E-state index is 4.14. The Labute approximate surface area is 70.7 Å². The van der Waals surface area contributed by atoms with Crippen LogP contribution in [0.3, 0.4) is 0 Å². The summed E-state index contributed by atoms with van der Waals surface area (Å²) >= 11 is 4.14. The fraction of sp³-hybridized carbons (Fsp3) is 1.00. The highest BCUT2D eigenvalue weighted by molar-refractivity contribution is 8.67. The third-order valence-electron chi connectivity index (χ3n) is 2.41. The summed E-state index contributed by atoms with van der Waals surface area (Å²) in [6.45, 7) is 3.58. The molecule has 2 aliphatic heterocycles. The fourth-order valence-corrected chi connectivity index (χ4v) is 2.78. The first-order valence-electron chi connectivity index (χ1n) is 3.66. The Balaban J connectivity index is 1.86. The number of thiol groups is 1. The summed E-state index contributed by atoms with van der Waals surface area (Å²) < 4.78 is 2.28. The van der Waals surface area contributed by atoms with Gasteiger partial charge in [0.05, 0.1) is 0 Å². The standard InChI is InChI=1S/C6H12N2S2/c9-10-8-4-6(5-8)2-1-3-7-6/h7,9H,1-5H2. The van der Waals surface area contributed by atoms with Crippen LogP contribution in [-0.4, -0.2) is 29.5 Å². The van der Waals surface area contributed by atoms with E-state index >= 15 is 0 Å². The van der Waals surface area contributed by atoms with Crippen LogP contribution >= 0.6 is 22.6 Å². The lowest BCUT2D eigenvalue weighted by molar-refractivity contribution is 0.151. The number of rotatable bonds is 1. The van der Waals surface area contributed by atoms with Crippen LogP contribution < -0.4 is 5.32 Å². The maximum atomic E-state index is 4.14. The van der Waals surface area contributed by atoms with Gasteiger partial charge in [0.25, 0.3) is 0 Å². The molecule has 2 fully saturated rings. The summed E-state index contributed by atoms with van der Waals surface area (Å²) in [6, 6.07) is 0. The van der Waals surface area contributed by atoms with E-state index in [0.717, 1.165) is 0 Å². The van der Waals surface area contributed by atoms with Crippen molar-refractivity contribution in [2.45, 2.75) is 18.4 Å². The van der Waals surface area contributed by atoms with Crippen LogP contribution in [0.1, 0.15) is 12.8 Å². The number of hydrogen-bond donors (Lipinski definition) is 2. The van der Waals surface area contributed by atoms with Crippen LogP contribution in [0.2, 0.25) is 0 Å². The summed E-state index contributed by atoms with van der Waals surface area (Å²) in [4.78, 5) is 0. The first kappa shape index (κ1) is 7.28. The van der Waals surface area contributed by atoms with Gasteiger partial charge < -0.3 is 5.32 Å². The third kappa shape index (κ3) is 1.07. The lowest BCUT2D eigenvalue weighted by Gasteiger charge is -2.46. The molecular weight excluding hydrogens is 164 g/mol. The van der Waals surface area contributed by atoms with Crippen LogP contribution in [0.5, 0.6) is 0 Å². The van der Waals surface area contributed by atoms with E-state index in [-0.39, 0.29) is 0 Å². The Bertz CT molecular complexity index is 126. The smallest absolute Gasteiger partial charge is 0.0457 e. The highest BCUT2D eigenvalue weighted by Gasteiger charge is 2.44. The van der Waals surface area contributed by atoms with Crippen molar-refractivity contribution in [3.8, 4) is 0 Å². The minimum absolute atomic E-state index is 0.496. The number of hydrogen-bond acceptors (Lipinski definition) is 4. The third-order valence-corrected chi connectivity index (χ3v) is 3.59. The van der Waals surface area contributed by atoms with Gasteiger partial charge in [0.1, 0.15) is 0 Å². The van der Waals surface area contributed by atoms with E-state index in [4.69, 9.17) is 0 Å². The van der Waals surface area contributed by atoms with Gasteiger partial charge in [0.15, 0.2) is 0 Å². The Morgan fingerprint density at radius 3 is 2.80 bits per heavy atom. The van der Waals surface area contributed by atoms with Crippen molar-refractivity contribution >= 4 is 22.6 Å². The summed E-state index contributed by atoms with van der Waals surface area (Å²) in [5.74, 6) is 0. The lowest BCUT2D eigenvalue weighted by Crippen LogP contribution is -2.63. The van der Waals surface area contributed by atoms with Gasteiger partial charge in [-0.25, -0.2) is 4.31 Å². The van der Waals surface area contributed by atoms with Crippen molar-refractivity contribution in [1.82, 2.24) is 9.62 Å². The van der Waals surface area contributed by atoms with Gasteiger partial charge in [-0.15, -0.1) is 0 Å². The van der Waals surface area contributed by atoms with Crippen molar-refractivity contribution in [1.29, 1.82) is 0 Å². The Hall–Kier alpha value is 0.620. The summed E-state index contributed by atoms with van der Waals surface area (Å²) in [7, 11) is 1.56. The van der Waals surface area contributed by atoms with Gasteiger partial charge in [-0.2, -0.15) is 0 Å². The minimum atomic E-state index is 0.496. The molecule has 2 aliphatic rings. The van der Waals surface area contributed by atoms with E-state index in [0.29, 0.717) is 5.54 Å². The zero-order valence-electron chi connectivity index (χ0n) is 5.84. The summed E-state index contributed by atoms with van der Waals surface area (Å²) in [6.07, 6.45) is 2.71. The Kier molecular flexibility index (Phi) is 1.88. The van der Waals surface area contributed by atoms with E-state index in [9.17, 15) is 0 Å². The number of nitrogens with one attached hydrogen (secondary N) is 1. The molecule has 0 aromatic heterocycles. The first-order valence-corrected chi connectivity index (χ1v) is 5.49. The van der Waals surface area contributed by atoms with Crippen LogP contribution in [0.25, 0.3) is 0 Å². The molecule has 0 aromatic carbocycles. The monoisotopic (exact) mass is 176 g/mol. The van der Waals surface area contributed by atoms with Crippen LogP contribution in [0, 0.1) is 0 Å². The van der Waals surface area contributed by atoms with Crippen LogP contribution in [0.15, 0.2) is 0 Å². The second-order valence-corrected chi connectivity index (χ2v) is 4.36. The molecule has 0 aliphatic carbocycles. The molecule has 2 rings (SSSR count). The molecule has 0 radical (unpaired) electrons. The van der Waals surface area contributed by atoms with Gasteiger partial charge in [-0.1, -0.05) is 11.7 Å². The van der Waals surface area contributed by atoms with Gasteiger partial charge in [-0.3, -0.25) is 0 Å². The minimum Gasteiger partial charge on any atom is -0.309 e. The molecule has 0 unspecified atom stereocenters. The van der Waals surface area contributed by atoms with E-state index in [2.05, 4.69) is 21.3 Å². The molecule has 0 aromatic rings. The summed E-state index contributed by atoms with van der Waals surface area (Å²) in [5.41, 5.74) is 0.496. The molecule has 2 nitrogen and oxygen atoms in total. The molecule has 1 N–H and O–H groups in total. The molecular formula is C6H12N2S2. The van der Waals surface area contributed by atoms with E-state index in [1.807, 2.05) is 0 Å². The summed E-state index contributed by atoms with van der Waals surface area (Å²) in [5, 5.41) is 3.54. The molecule has 10 heavy (non-hydrogen) atoms. The van der Waals surface area contributed by atoms with E-state index in [1.54, 1.807) is 11.0 Å². The zero-order valence-corrected chi connectivity index (χ0v) is 7.55. The second-order valence-electron chi connectivity index (χ2n) is 3.19. The molecule has 2 saturated heterocycles. The predicted octanol–water partition coefficient (Wildman–Crippen LogP) is 0.917. The Morgan fingerprint density at radius 2 is 2.30 bits per heavy atom. The zero-order chi connectivity index (χ0) is 7.03. The largest absolute Gasteiger partial charge is 0.309 e. The number of nitrogens with zero attached hydrogens (tertiary/aromatic N) is 1. The molecule has 0 atom stereocenters. The second kappa shape index (κ2) is 2.59.